The maximum atomic E-state index is 4.37. The summed E-state index contributed by atoms with van der Waals surface area (Å²) in [4.78, 5) is 4.37. The Morgan fingerprint density at radius 2 is 1.85 bits per heavy atom. The fraction of sp³-hybridized carbons (Fsp3) is 0.500. The number of rotatable bonds is 1. The summed E-state index contributed by atoms with van der Waals surface area (Å²) >= 11 is 0. The Labute approximate surface area is 84.3 Å². The topological polar surface area (TPSA) is 12.9 Å². The molecule has 1 atom stereocenters. The molecule has 0 aliphatic carbocycles. The number of pyridine rings is 1. The molecule has 1 unspecified atom stereocenters. The second-order valence-electron chi connectivity index (χ2n) is 3.92. The summed E-state index contributed by atoms with van der Waals surface area (Å²) in [7, 11) is -0.128. The van der Waals surface area contributed by atoms with Gasteiger partial charge in [0.1, 0.15) is 0 Å². The first kappa shape index (κ1) is 12.6. The average molecular weight is 195 g/mol. The first-order valence-corrected chi connectivity index (χ1v) is 5.95. The Morgan fingerprint density at radius 1 is 1.23 bits per heavy atom. The maximum Gasteiger partial charge on any atom is 0.0814 e. The van der Waals surface area contributed by atoms with E-state index in [1.807, 2.05) is 12.3 Å². The van der Waals surface area contributed by atoms with Crippen molar-refractivity contribution in [3.8, 4) is 0 Å². The van der Waals surface area contributed by atoms with Crippen LogP contribution in [0, 0.1) is 0 Å². The van der Waals surface area contributed by atoms with Crippen molar-refractivity contribution in [1.29, 1.82) is 0 Å². The summed E-state index contributed by atoms with van der Waals surface area (Å²) in [5.41, 5.74) is 1.25. The molecule has 0 amide bonds. The van der Waals surface area contributed by atoms with Crippen LogP contribution in [0.25, 0.3) is 0 Å². The van der Waals surface area contributed by atoms with Crippen molar-refractivity contribution in [1.82, 2.24) is 4.98 Å². The van der Waals surface area contributed by atoms with E-state index in [1.54, 1.807) is 0 Å². The molecule has 0 saturated carbocycles. The van der Waals surface area contributed by atoms with Crippen LogP contribution >= 0.6 is 7.92 Å². The van der Waals surface area contributed by atoms with Crippen molar-refractivity contribution < 1.29 is 0 Å². The smallest absolute Gasteiger partial charge is 0.0814 e. The molecule has 13 heavy (non-hydrogen) atoms. The molecule has 72 valence electrons. The minimum absolute atomic E-state index is 0. The van der Waals surface area contributed by atoms with E-state index >= 15 is 0 Å². The highest BCUT2D eigenvalue weighted by atomic mass is 31.1. The fourth-order valence-corrected chi connectivity index (χ4v) is 2.13. The summed E-state index contributed by atoms with van der Waals surface area (Å²) in [6, 6.07) is 6.15. The molecule has 0 aliphatic rings. The molecule has 0 spiro atoms. The lowest BCUT2D eigenvalue weighted by molar-refractivity contribution is 0.790. The number of hydrogen-bond donors (Lipinski definition) is 0. The van der Waals surface area contributed by atoms with Gasteiger partial charge in [0.2, 0.25) is 0 Å². The van der Waals surface area contributed by atoms with Gasteiger partial charge in [-0.2, -0.15) is 0 Å². The molecule has 0 radical (unpaired) electrons. The quantitative estimate of drug-likeness (QED) is 0.488. The number of hydrogen-bond acceptors (Lipinski definition) is 1. The van der Waals surface area contributed by atoms with Crippen LogP contribution in [-0.2, 0) is 0 Å². The second-order valence-corrected chi connectivity index (χ2v) is 6.84. The van der Waals surface area contributed by atoms with E-state index in [1.165, 1.54) is 5.44 Å². The molecule has 3 heteroatoms. The van der Waals surface area contributed by atoms with Gasteiger partial charge in [-0.3, -0.25) is 4.98 Å². The Morgan fingerprint density at radius 3 is 2.23 bits per heavy atom. The lowest BCUT2D eigenvalue weighted by Crippen LogP contribution is -2.20. The van der Waals surface area contributed by atoms with E-state index in [0.717, 1.165) is 0 Å². The summed E-state index contributed by atoms with van der Waals surface area (Å²) < 4.78 is 0. The second kappa shape index (κ2) is 4.76. The van der Waals surface area contributed by atoms with E-state index < -0.39 is 0 Å². The van der Waals surface area contributed by atoms with Crippen LogP contribution in [0.5, 0.6) is 0 Å². The van der Waals surface area contributed by atoms with Crippen LogP contribution in [-0.4, -0.2) is 25.2 Å². The molecule has 1 rings (SSSR count). The Bertz CT molecular complexity index is 243. The summed E-state index contributed by atoms with van der Waals surface area (Å²) in [6.07, 6.45) is 1.87. The fourth-order valence-electron chi connectivity index (χ4n) is 0.896. The molecule has 1 aromatic heterocycles. The highest BCUT2D eigenvalue weighted by Crippen LogP contribution is 2.43. The van der Waals surface area contributed by atoms with Gasteiger partial charge in [0.15, 0.2) is 0 Å². The van der Waals surface area contributed by atoms with Gasteiger partial charge in [0.25, 0.3) is 0 Å². The van der Waals surface area contributed by atoms with Crippen molar-refractivity contribution in [2.24, 2.45) is 0 Å². The van der Waals surface area contributed by atoms with Gasteiger partial charge < -0.3 is 0 Å². The molecule has 1 heterocycles. The molecule has 0 saturated heterocycles. The lowest BCUT2D eigenvalue weighted by atomic mass is 10.3. The summed E-state index contributed by atoms with van der Waals surface area (Å²) in [6.45, 7) is 9.10. The Balaban J connectivity index is 0.00000144. The third kappa shape index (κ3) is 3.48. The Hall–Kier alpha value is -0.355. The van der Waals surface area contributed by atoms with Crippen LogP contribution in [0.3, 0.4) is 0 Å². The molecule has 0 N–H and O–H groups in total. The van der Waals surface area contributed by atoms with Crippen LogP contribution in [0.1, 0.15) is 20.8 Å². The number of nitrogens with zero attached hydrogens (tertiary/aromatic N) is 1. The third-order valence-electron chi connectivity index (χ3n) is 2.00. The van der Waals surface area contributed by atoms with Gasteiger partial charge in [-0.05, 0) is 24.0 Å². The predicted molar refractivity (Wildman–Crippen MR) is 66.4 cm³/mol. The zero-order chi connectivity index (χ0) is 9.19. The van der Waals surface area contributed by atoms with Crippen LogP contribution in [0.2, 0.25) is 0 Å². The molecule has 0 bridgehead atoms. The van der Waals surface area contributed by atoms with Gasteiger partial charge in [-0.15, -0.1) is 0 Å². The molecular weight excluding hydrogens is 176 g/mol. The number of aromatic nitrogens is 1. The minimum Gasteiger partial charge on any atom is -0.257 e. The normalized spacial score (nSPS) is 13.2. The minimum atomic E-state index is -0.128. The predicted octanol–water partition coefficient (Wildman–Crippen LogP) is 1.43. The van der Waals surface area contributed by atoms with E-state index in [0.29, 0.717) is 5.16 Å². The molecule has 1 aromatic rings. The largest absolute Gasteiger partial charge is 0.257 e. The molecule has 0 aliphatic heterocycles. The zero-order valence-corrected chi connectivity index (χ0v) is 9.10. The summed E-state index contributed by atoms with van der Waals surface area (Å²) in [5, 5.41) is 0.365. The van der Waals surface area contributed by atoms with Crippen molar-refractivity contribution in [3.63, 3.8) is 0 Å². The van der Waals surface area contributed by atoms with Crippen molar-refractivity contribution >= 4 is 21.8 Å². The third-order valence-corrected chi connectivity index (χ3v) is 4.96. The van der Waals surface area contributed by atoms with Crippen molar-refractivity contribution in [2.75, 3.05) is 6.66 Å². The SMILES string of the molecule is B.CP(c1ccccn1)C(C)(C)C. The zero-order valence-electron chi connectivity index (χ0n) is 8.20. The van der Waals surface area contributed by atoms with Gasteiger partial charge in [-0.25, -0.2) is 0 Å². The van der Waals surface area contributed by atoms with Crippen LogP contribution in [0.15, 0.2) is 24.4 Å². The van der Waals surface area contributed by atoms with Crippen LogP contribution in [0.4, 0.5) is 0 Å². The van der Waals surface area contributed by atoms with Gasteiger partial charge in [0.05, 0.1) is 13.8 Å². The summed E-state index contributed by atoms with van der Waals surface area (Å²) in [5.74, 6) is 0. The van der Waals surface area contributed by atoms with Gasteiger partial charge in [0, 0.05) is 6.20 Å². The molecular formula is C10H19BNP. The van der Waals surface area contributed by atoms with Gasteiger partial charge in [-0.1, -0.05) is 34.8 Å². The highest BCUT2D eigenvalue weighted by molar-refractivity contribution is 7.66. The van der Waals surface area contributed by atoms with Gasteiger partial charge >= 0.3 is 0 Å². The highest BCUT2D eigenvalue weighted by Gasteiger charge is 2.21. The lowest BCUT2D eigenvalue weighted by Gasteiger charge is -2.26. The van der Waals surface area contributed by atoms with E-state index in [2.05, 4.69) is 44.6 Å². The van der Waals surface area contributed by atoms with Crippen molar-refractivity contribution in [2.45, 2.75) is 25.9 Å². The molecule has 0 fully saturated rings. The monoisotopic (exact) mass is 195 g/mol. The first-order chi connectivity index (χ1) is 5.52. The standard InChI is InChI=1S/C10H16NP.BH3/c1-10(2,3)12(4)9-7-5-6-8-11-9;/h5-8H,1-4H3;1H3. The van der Waals surface area contributed by atoms with E-state index in [-0.39, 0.29) is 16.3 Å². The maximum absolute atomic E-state index is 4.37. The Kier molecular flexibility index (Phi) is 4.63. The molecule has 0 aromatic carbocycles. The average Bonchev–Trinajstić information content (AvgIpc) is 2.03. The van der Waals surface area contributed by atoms with E-state index in [4.69, 9.17) is 0 Å². The van der Waals surface area contributed by atoms with E-state index in [9.17, 15) is 0 Å². The van der Waals surface area contributed by atoms with Crippen LogP contribution < -0.4 is 5.44 Å². The van der Waals surface area contributed by atoms with Crippen molar-refractivity contribution in [3.05, 3.63) is 24.4 Å². The molecule has 1 nitrogen and oxygen atoms in total. The first-order valence-electron chi connectivity index (χ1n) is 4.16.